The van der Waals surface area contributed by atoms with Crippen molar-refractivity contribution in [3.8, 4) is 0 Å². The first-order chi connectivity index (χ1) is 7.79. The van der Waals surface area contributed by atoms with E-state index in [0.29, 0.717) is 13.2 Å². The minimum absolute atomic E-state index is 0.466. The van der Waals surface area contributed by atoms with E-state index in [2.05, 4.69) is 0 Å². The number of furan rings is 1. The molecule has 3 nitrogen and oxygen atoms in total. The molecule has 1 aliphatic rings. The Hall–Kier alpha value is -0.800. The van der Waals surface area contributed by atoms with Gasteiger partial charge in [0.15, 0.2) is 0 Å². The summed E-state index contributed by atoms with van der Waals surface area (Å²) < 4.78 is 11.2. The zero-order valence-corrected chi connectivity index (χ0v) is 10.00. The van der Waals surface area contributed by atoms with Gasteiger partial charge in [-0.3, -0.25) is 0 Å². The van der Waals surface area contributed by atoms with E-state index in [1.54, 1.807) is 0 Å². The summed E-state index contributed by atoms with van der Waals surface area (Å²) in [4.78, 5) is 0. The van der Waals surface area contributed by atoms with Crippen molar-refractivity contribution in [2.24, 2.45) is 11.7 Å². The van der Waals surface area contributed by atoms with Gasteiger partial charge in [0.1, 0.15) is 18.1 Å². The molecule has 1 aromatic rings. The third-order valence-corrected chi connectivity index (χ3v) is 3.40. The Morgan fingerprint density at radius 3 is 2.88 bits per heavy atom. The van der Waals surface area contributed by atoms with Crippen LogP contribution in [0.3, 0.4) is 0 Å². The molecule has 0 atom stereocenters. The molecule has 2 rings (SSSR count). The Kier molecular flexibility index (Phi) is 4.02. The number of aryl methyl sites for hydroxylation is 1. The molecule has 0 aromatic carbocycles. The van der Waals surface area contributed by atoms with Crippen molar-refractivity contribution in [3.05, 3.63) is 23.2 Å². The fourth-order valence-electron chi connectivity index (χ4n) is 2.07. The molecule has 0 unspecified atom stereocenters. The molecule has 0 radical (unpaired) electrons. The normalized spacial score (nSPS) is 16.4. The van der Waals surface area contributed by atoms with E-state index in [9.17, 15) is 0 Å². The second-order valence-electron chi connectivity index (χ2n) is 4.66. The Labute approximate surface area is 97.0 Å². The molecule has 1 heterocycles. The van der Waals surface area contributed by atoms with E-state index in [1.165, 1.54) is 25.7 Å². The third-order valence-electron chi connectivity index (χ3n) is 3.40. The smallest absolute Gasteiger partial charge is 0.130 e. The summed E-state index contributed by atoms with van der Waals surface area (Å²) in [6.07, 6.45) is 5.38. The lowest BCUT2D eigenvalue weighted by molar-refractivity contribution is 0.0830. The number of hydrogen-bond donors (Lipinski definition) is 1. The quantitative estimate of drug-likeness (QED) is 0.754. The van der Waals surface area contributed by atoms with Crippen LogP contribution in [0.1, 0.15) is 42.8 Å². The highest BCUT2D eigenvalue weighted by molar-refractivity contribution is 5.19. The van der Waals surface area contributed by atoms with Crippen molar-refractivity contribution in [2.45, 2.75) is 45.8 Å². The summed E-state index contributed by atoms with van der Waals surface area (Å²) in [7, 11) is 0. The molecule has 0 spiro atoms. The number of rotatable bonds is 6. The van der Waals surface area contributed by atoms with E-state index in [1.807, 2.05) is 13.0 Å². The van der Waals surface area contributed by atoms with Crippen LogP contribution in [-0.2, 0) is 17.9 Å². The average Bonchev–Trinajstić information content (AvgIpc) is 2.56. The van der Waals surface area contributed by atoms with Crippen molar-refractivity contribution >= 4 is 0 Å². The van der Waals surface area contributed by atoms with Crippen LogP contribution in [0.25, 0.3) is 0 Å². The van der Waals surface area contributed by atoms with Gasteiger partial charge in [0, 0.05) is 6.61 Å². The molecule has 1 aromatic heterocycles. The number of nitrogens with two attached hydrogens (primary N) is 1. The first kappa shape index (κ1) is 11.7. The van der Waals surface area contributed by atoms with Crippen molar-refractivity contribution in [1.29, 1.82) is 0 Å². The first-order valence-electron chi connectivity index (χ1n) is 6.15. The van der Waals surface area contributed by atoms with Gasteiger partial charge < -0.3 is 14.9 Å². The Bertz CT molecular complexity index is 329. The minimum atomic E-state index is 0.466. The fourth-order valence-corrected chi connectivity index (χ4v) is 2.07. The monoisotopic (exact) mass is 223 g/mol. The molecule has 16 heavy (non-hydrogen) atoms. The molecule has 1 fully saturated rings. The van der Waals surface area contributed by atoms with Crippen molar-refractivity contribution in [2.75, 3.05) is 6.61 Å². The maximum Gasteiger partial charge on any atom is 0.130 e. The van der Waals surface area contributed by atoms with Crippen LogP contribution in [0.2, 0.25) is 0 Å². The zero-order valence-electron chi connectivity index (χ0n) is 10.00. The largest absolute Gasteiger partial charge is 0.462 e. The van der Waals surface area contributed by atoms with Gasteiger partial charge in [-0.15, -0.1) is 0 Å². The van der Waals surface area contributed by atoms with Crippen LogP contribution in [0.5, 0.6) is 0 Å². The Balaban J connectivity index is 1.67. The first-order valence-corrected chi connectivity index (χ1v) is 6.15. The Morgan fingerprint density at radius 2 is 2.31 bits per heavy atom. The van der Waals surface area contributed by atoms with Gasteiger partial charge in [-0.05, 0) is 30.9 Å². The van der Waals surface area contributed by atoms with Crippen LogP contribution in [0, 0.1) is 12.8 Å². The summed E-state index contributed by atoms with van der Waals surface area (Å²) in [5.41, 5.74) is 6.67. The second kappa shape index (κ2) is 5.51. The second-order valence-corrected chi connectivity index (χ2v) is 4.66. The SMILES string of the molecule is Cc1cc(COCCC2CCC2)oc1CN. The van der Waals surface area contributed by atoms with E-state index in [4.69, 9.17) is 14.9 Å². The predicted molar refractivity (Wildman–Crippen MR) is 63.0 cm³/mol. The molecule has 0 bridgehead atoms. The van der Waals surface area contributed by atoms with Gasteiger partial charge in [-0.1, -0.05) is 19.3 Å². The van der Waals surface area contributed by atoms with Crippen LogP contribution >= 0.6 is 0 Å². The topological polar surface area (TPSA) is 48.4 Å². The van der Waals surface area contributed by atoms with Crippen molar-refractivity contribution in [3.63, 3.8) is 0 Å². The lowest BCUT2D eigenvalue weighted by atomic mass is 9.83. The highest BCUT2D eigenvalue weighted by Crippen LogP contribution is 2.29. The van der Waals surface area contributed by atoms with Gasteiger partial charge in [0.25, 0.3) is 0 Å². The molecular weight excluding hydrogens is 202 g/mol. The molecule has 1 aliphatic carbocycles. The molecule has 3 heteroatoms. The van der Waals surface area contributed by atoms with Crippen LogP contribution in [0.15, 0.2) is 10.5 Å². The summed E-state index contributed by atoms with van der Waals surface area (Å²) >= 11 is 0. The molecule has 90 valence electrons. The van der Waals surface area contributed by atoms with Gasteiger partial charge in [-0.25, -0.2) is 0 Å². The zero-order chi connectivity index (χ0) is 11.4. The van der Waals surface area contributed by atoms with Crippen LogP contribution in [0.4, 0.5) is 0 Å². The number of hydrogen-bond acceptors (Lipinski definition) is 3. The molecule has 0 aliphatic heterocycles. The van der Waals surface area contributed by atoms with Crippen molar-refractivity contribution < 1.29 is 9.15 Å². The van der Waals surface area contributed by atoms with Gasteiger partial charge in [0.05, 0.1) is 6.54 Å². The highest BCUT2D eigenvalue weighted by Gasteiger charge is 2.16. The highest BCUT2D eigenvalue weighted by atomic mass is 16.5. The Morgan fingerprint density at radius 1 is 1.50 bits per heavy atom. The standard InChI is InChI=1S/C13H21NO2/c1-10-7-12(16-13(10)8-14)9-15-6-5-11-3-2-4-11/h7,11H,2-6,8-9,14H2,1H3. The lowest BCUT2D eigenvalue weighted by Gasteiger charge is -2.24. The van der Waals surface area contributed by atoms with Gasteiger partial charge in [0.2, 0.25) is 0 Å². The average molecular weight is 223 g/mol. The lowest BCUT2D eigenvalue weighted by Crippen LogP contribution is -2.13. The summed E-state index contributed by atoms with van der Waals surface area (Å²) in [5.74, 6) is 2.68. The van der Waals surface area contributed by atoms with Gasteiger partial charge >= 0.3 is 0 Å². The van der Waals surface area contributed by atoms with E-state index in [-0.39, 0.29) is 0 Å². The molecule has 0 amide bonds. The minimum Gasteiger partial charge on any atom is -0.462 e. The van der Waals surface area contributed by atoms with Crippen LogP contribution in [-0.4, -0.2) is 6.61 Å². The number of ether oxygens (including phenoxy) is 1. The maximum atomic E-state index is 5.60. The van der Waals surface area contributed by atoms with Crippen LogP contribution < -0.4 is 5.73 Å². The maximum absolute atomic E-state index is 5.60. The van der Waals surface area contributed by atoms with E-state index >= 15 is 0 Å². The third kappa shape index (κ3) is 2.86. The molecular formula is C13H21NO2. The fraction of sp³-hybridized carbons (Fsp3) is 0.692. The van der Waals surface area contributed by atoms with Crippen molar-refractivity contribution in [1.82, 2.24) is 0 Å². The summed E-state index contributed by atoms with van der Waals surface area (Å²) in [6.45, 7) is 3.91. The summed E-state index contributed by atoms with van der Waals surface area (Å²) in [5, 5.41) is 0. The molecule has 1 saturated carbocycles. The predicted octanol–water partition coefficient (Wildman–Crippen LogP) is 2.75. The summed E-state index contributed by atoms with van der Waals surface area (Å²) in [6, 6.07) is 2.02. The van der Waals surface area contributed by atoms with Gasteiger partial charge in [-0.2, -0.15) is 0 Å². The molecule has 2 N–H and O–H groups in total. The van der Waals surface area contributed by atoms with E-state index in [0.717, 1.165) is 29.6 Å². The van der Waals surface area contributed by atoms with E-state index < -0.39 is 0 Å². The molecule has 0 saturated heterocycles.